The van der Waals surface area contributed by atoms with E-state index in [-0.39, 0.29) is 11.4 Å². The summed E-state index contributed by atoms with van der Waals surface area (Å²) in [7, 11) is 0.985. The van der Waals surface area contributed by atoms with Crippen LogP contribution >= 0.6 is 23.2 Å². The van der Waals surface area contributed by atoms with Crippen LogP contribution in [0.15, 0.2) is 36.4 Å². The molecule has 3 rings (SSSR count). The third-order valence-corrected chi connectivity index (χ3v) is 4.98. The summed E-state index contributed by atoms with van der Waals surface area (Å²) in [6.45, 7) is 1.74. The average molecular weight is 489 g/mol. The Hall–Kier alpha value is -3.31. The number of anilines is 1. The van der Waals surface area contributed by atoms with Crippen LogP contribution in [0.3, 0.4) is 0 Å². The number of non-ortho nitro benzene ring substituents is 1. The van der Waals surface area contributed by atoms with Crippen LogP contribution in [-0.4, -0.2) is 20.6 Å². The number of carbonyl (C=O) groups is 1. The molecule has 168 valence electrons. The Morgan fingerprint density at radius 3 is 2.44 bits per heavy atom. The van der Waals surface area contributed by atoms with Crippen molar-refractivity contribution < 1.29 is 27.6 Å². The maximum absolute atomic E-state index is 13.1. The first-order valence-corrected chi connectivity index (χ1v) is 9.47. The van der Waals surface area contributed by atoms with Crippen molar-refractivity contribution in [3.8, 4) is 11.5 Å². The van der Waals surface area contributed by atoms with E-state index in [2.05, 4.69) is 10.4 Å². The van der Waals surface area contributed by atoms with Crippen molar-refractivity contribution in [2.75, 3.05) is 5.32 Å². The molecule has 32 heavy (non-hydrogen) atoms. The molecule has 0 unspecified atom stereocenters. The smallest absolute Gasteiger partial charge is 0.434 e. The Kier molecular flexibility index (Phi) is 6.33. The Labute approximate surface area is 188 Å². The van der Waals surface area contributed by atoms with Crippen LogP contribution in [-0.2, 0) is 13.2 Å². The number of hydrogen-bond donors (Lipinski definition) is 1. The normalized spacial score (nSPS) is 11.3. The fourth-order valence-corrected chi connectivity index (χ4v) is 3.25. The predicted octanol–water partition coefficient (Wildman–Crippen LogP) is 6.01. The van der Waals surface area contributed by atoms with Crippen LogP contribution in [0.1, 0.15) is 21.7 Å². The van der Waals surface area contributed by atoms with Gasteiger partial charge in [0.1, 0.15) is 16.5 Å². The lowest BCUT2D eigenvalue weighted by molar-refractivity contribution is -0.384. The molecule has 1 N–H and O–H groups in total. The molecule has 8 nitrogen and oxygen atoms in total. The van der Waals surface area contributed by atoms with E-state index in [0.717, 1.165) is 19.2 Å². The van der Waals surface area contributed by atoms with E-state index in [1.807, 2.05) is 0 Å². The van der Waals surface area contributed by atoms with E-state index in [1.165, 1.54) is 6.07 Å². The van der Waals surface area contributed by atoms with Gasteiger partial charge in [0.2, 0.25) is 0 Å². The lowest BCUT2D eigenvalue weighted by Crippen LogP contribution is -2.13. The highest BCUT2D eigenvalue weighted by atomic mass is 35.5. The number of aromatic nitrogens is 2. The summed E-state index contributed by atoms with van der Waals surface area (Å²) in [5, 5.41) is 16.7. The van der Waals surface area contributed by atoms with E-state index < -0.39 is 39.1 Å². The summed E-state index contributed by atoms with van der Waals surface area (Å²) in [5.74, 6) is -0.763. The van der Waals surface area contributed by atoms with E-state index in [1.54, 1.807) is 25.1 Å². The number of hydrogen-bond acceptors (Lipinski definition) is 5. The van der Waals surface area contributed by atoms with Crippen molar-refractivity contribution in [1.82, 2.24) is 9.78 Å². The molecule has 0 aliphatic rings. The zero-order valence-electron chi connectivity index (χ0n) is 16.3. The average Bonchev–Trinajstić information content (AvgIpc) is 2.99. The number of carbonyl (C=O) groups excluding carboxylic acids is 1. The van der Waals surface area contributed by atoms with Crippen molar-refractivity contribution in [2.24, 2.45) is 7.05 Å². The molecule has 1 aromatic heterocycles. The molecule has 0 bridgehead atoms. The minimum Gasteiger partial charge on any atom is -0.457 e. The maximum atomic E-state index is 13.1. The first kappa shape index (κ1) is 23.4. The van der Waals surface area contributed by atoms with Crippen molar-refractivity contribution in [1.29, 1.82) is 0 Å². The number of halogens is 5. The summed E-state index contributed by atoms with van der Waals surface area (Å²) in [5.41, 5.74) is -1.82. The third-order valence-electron chi connectivity index (χ3n) is 4.20. The molecule has 0 atom stereocenters. The van der Waals surface area contributed by atoms with Crippen molar-refractivity contribution in [3.05, 3.63) is 73.5 Å². The van der Waals surface area contributed by atoms with Crippen LogP contribution < -0.4 is 10.1 Å². The molecular weight excluding hydrogens is 476 g/mol. The van der Waals surface area contributed by atoms with Crippen LogP contribution in [0.2, 0.25) is 10.0 Å². The van der Waals surface area contributed by atoms with Gasteiger partial charge in [0, 0.05) is 24.2 Å². The van der Waals surface area contributed by atoms with Gasteiger partial charge in [-0.1, -0.05) is 23.2 Å². The van der Waals surface area contributed by atoms with Gasteiger partial charge in [-0.2, -0.15) is 18.3 Å². The highest BCUT2D eigenvalue weighted by Gasteiger charge is 2.40. The number of ether oxygens (including phenoxy) is 1. The molecule has 0 aliphatic heterocycles. The lowest BCUT2D eigenvalue weighted by atomic mass is 10.2. The second kappa shape index (κ2) is 8.67. The van der Waals surface area contributed by atoms with Crippen molar-refractivity contribution in [2.45, 2.75) is 13.1 Å². The van der Waals surface area contributed by atoms with Crippen LogP contribution in [0.5, 0.6) is 11.5 Å². The molecule has 2 aromatic carbocycles. The topological polar surface area (TPSA) is 99.3 Å². The number of alkyl halides is 3. The van der Waals surface area contributed by atoms with E-state index >= 15 is 0 Å². The SMILES string of the molecule is Cc1cc(Oc2cc(NC(=O)c3nn(C)c(C(F)(F)F)c3Cl)cc([N+](=O)[O-])c2)ccc1Cl. The summed E-state index contributed by atoms with van der Waals surface area (Å²) < 4.78 is 45.3. The highest BCUT2D eigenvalue weighted by molar-refractivity contribution is 6.34. The molecule has 0 radical (unpaired) electrons. The second-order valence-electron chi connectivity index (χ2n) is 6.57. The largest absolute Gasteiger partial charge is 0.457 e. The molecule has 1 amide bonds. The van der Waals surface area contributed by atoms with Crippen molar-refractivity contribution >= 4 is 40.5 Å². The fraction of sp³-hybridized carbons (Fsp3) is 0.158. The Morgan fingerprint density at radius 1 is 1.19 bits per heavy atom. The van der Waals surface area contributed by atoms with Crippen LogP contribution in [0.4, 0.5) is 24.5 Å². The predicted molar refractivity (Wildman–Crippen MR) is 111 cm³/mol. The van der Waals surface area contributed by atoms with Gasteiger partial charge in [-0.25, -0.2) is 0 Å². The summed E-state index contributed by atoms with van der Waals surface area (Å²) in [6.07, 6.45) is -4.83. The van der Waals surface area contributed by atoms with Gasteiger partial charge in [-0.15, -0.1) is 0 Å². The first-order valence-electron chi connectivity index (χ1n) is 8.71. The molecule has 13 heteroatoms. The number of nitro benzene ring substituents is 1. The zero-order valence-corrected chi connectivity index (χ0v) is 17.8. The number of nitro groups is 1. The Balaban J connectivity index is 1.93. The molecule has 0 aliphatic carbocycles. The highest BCUT2D eigenvalue weighted by Crippen LogP contribution is 2.36. The maximum Gasteiger partial charge on any atom is 0.434 e. The van der Waals surface area contributed by atoms with E-state index in [0.29, 0.717) is 21.0 Å². The number of amides is 1. The number of nitrogens with zero attached hydrogens (tertiary/aromatic N) is 3. The lowest BCUT2D eigenvalue weighted by Gasteiger charge is -2.10. The molecule has 0 spiro atoms. The minimum atomic E-state index is -4.83. The molecule has 3 aromatic rings. The fourth-order valence-electron chi connectivity index (χ4n) is 2.78. The zero-order chi connectivity index (χ0) is 23.8. The van der Waals surface area contributed by atoms with E-state index in [9.17, 15) is 28.1 Å². The Bertz CT molecular complexity index is 1230. The third kappa shape index (κ3) is 4.94. The van der Waals surface area contributed by atoms with Crippen LogP contribution in [0.25, 0.3) is 0 Å². The van der Waals surface area contributed by atoms with Gasteiger partial charge in [-0.05, 0) is 30.7 Å². The monoisotopic (exact) mass is 488 g/mol. The summed E-state index contributed by atoms with van der Waals surface area (Å²) in [6, 6.07) is 8.11. The summed E-state index contributed by atoms with van der Waals surface area (Å²) in [4.78, 5) is 23.1. The standard InChI is InChI=1S/C19H13Cl2F3N4O4/c1-9-5-12(3-4-14(9)20)32-13-7-10(6-11(8-13)28(30)31)25-18(29)16-15(21)17(19(22,23)24)27(2)26-16/h3-8H,1-2H3,(H,25,29). The number of nitrogens with one attached hydrogen (secondary N) is 1. The molecule has 0 saturated carbocycles. The van der Waals surface area contributed by atoms with Gasteiger partial charge < -0.3 is 10.1 Å². The van der Waals surface area contributed by atoms with Gasteiger partial charge in [0.15, 0.2) is 11.4 Å². The number of rotatable bonds is 5. The molecule has 0 fully saturated rings. The molecular formula is C19H13Cl2F3N4O4. The molecule has 1 heterocycles. The molecule has 0 saturated heterocycles. The van der Waals surface area contributed by atoms with Crippen molar-refractivity contribution in [3.63, 3.8) is 0 Å². The summed E-state index contributed by atoms with van der Waals surface area (Å²) >= 11 is 11.7. The van der Waals surface area contributed by atoms with Gasteiger partial charge in [-0.3, -0.25) is 19.6 Å². The van der Waals surface area contributed by atoms with Gasteiger partial charge in [0.25, 0.3) is 11.6 Å². The second-order valence-corrected chi connectivity index (χ2v) is 7.36. The number of aryl methyl sites for hydroxylation is 2. The van der Waals surface area contributed by atoms with Gasteiger partial charge >= 0.3 is 6.18 Å². The Morgan fingerprint density at radius 2 is 1.88 bits per heavy atom. The first-order chi connectivity index (χ1) is 14.9. The van der Waals surface area contributed by atoms with E-state index in [4.69, 9.17) is 27.9 Å². The number of benzene rings is 2. The van der Waals surface area contributed by atoms with Crippen LogP contribution in [0, 0.1) is 17.0 Å². The quantitative estimate of drug-likeness (QED) is 0.350. The van der Waals surface area contributed by atoms with Gasteiger partial charge in [0.05, 0.1) is 16.7 Å². The minimum absolute atomic E-state index is 0.000629.